The summed E-state index contributed by atoms with van der Waals surface area (Å²) in [6, 6.07) is 16.1. The van der Waals surface area contributed by atoms with Gasteiger partial charge in [-0.3, -0.25) is 19.4 Å². The van der Waals surface area contributed by atoms with Crippen LogP contribution >= 0.6 is 0 Å². The molecule has 2 aromatic rings. The maximum absolute atomic E-state index is 12.9. The monoisotopic (exact) mass is 664 g/mol. The van der Waals surface area contributed by atoms with Gasteiger partial charge in [0.25, 0.3) is 0 Å². The number of hydrogen-bond donors (Lipinski definition) is 0. The van der Waals surface area contributed by atoms with Crippen LogP contribution in [0, 0.1) is 0 Å². The lowest BCUT2D eigenvalue weighted by atomic mass is 9.90. The van der Waals surface area contributed by atoms with E-state index in [0.29, 0.717) is 33.0 Å². The van der Waals surface area contributed by atoms with Crippen molar-refractivity contribution in [3.05, 3.63) is 83.4 Å². The summed E-state index contributed by atoms with van der Waals surface area (Å²) < 4.78 is 21.7. The molecule has 0 saturated carbocycles. The number of carbonyl (C=O) groups excluding carboxylic acids is 2. The van der Waals surface area contributed by atoms with Crippen molar-refractivity contribution in [1.29, 1.82) is 0 Å². The Balaban J connectivity index is 0.000000260. The molecule has 0 bridgehead atoms. The Morgan fingerprint density at radius 3 is 1.46 bits per heavy atom. The van der Waals surface area contributed by atoms with Crippen molar-refractivity contribution in [2.24, 2.45) is 0 Å². The summed E-state index contributed by atoms with van der Waals surface area (Å²) in [5.41, 5.74) is 3.08. The van der Waals surface area contributed by atoms with Crippen LogP contribution in [0.25, 0.3) is 0 Å². The molecule has 8 nitrogen and oxygen atoms in total. The molecule has 2 aliphatic rings. The number of carbonyl (C=O) groups is 2. The molecule has 0 spiro atoms. The molecular formula is C40H60N2O6. The molecule has 0 aromatic heterocycles. The fraction of sp³-hybridized carbons (Fsp3) is 0.600. The smallest absolute Gasteiger partial charge is 0.182 e. The van der Waals surface area contributed by atoms with Gasteiger partial charge in [-0.2, -0.15) is 0 Å². The lowest BCUT2D eigenvalue weighted by molar-refractivity contribution is -0.00442. The van der Waals surface area contributed by atoms with Gasteiger partial charge in [0, 0.05) is 57.1 Å². The van der Waals surface area contributed by atoms with E-state index in [1.54, 1.807) is 6.08 Å². The van der Waals surface area contributed by atoms with E-state index in [9.17, 15) is 9.59 Å². The van der Waals surface area contributed by atoms with Crippen LogP contribution in [0.15, 0.2) is 61.2 Å². The molecule has 2 fully saturated rings. The highest BCUT2D eigenvalue weighted by Crippen LogP contribution is 2.24. The minimum Gasteiger partial charge on any atom is -0.381 e. The van der Waals surface area contributed by atoms with Gasteiger partial charge in [0.15, 0.2) is 11.6 Å². The highest BCUT2D eigenvalue weighted by Gasteiger charge is 2.37. The molecule has 48 heavy (non-hydrogen) atoms. The molecule has 0 radical (unpaired) electrons. The van der Waals surface area contributed by atoms with Gasteiger partial charge in [0.05, 0.1) is 44.1 Å². The van der Waals surface area contributed by atoms with Crippen molar-refractivity contribution in [2.45, 2.75) is 77.8 Å². The molecule has 0 aliphatic carbocycles. The van der Waals surface area contributed by atoms with E-state index in [1.807, 2.05) is 52.0 Å². The highest BCUT2D eigenvalue weighted by atomic mass is 16.5. The number of benzene rings is 2. The second kappa shape index (κ2) is 20.7. The zero-order chi connectivity index (χ0) is 34.8. The number of nitrogens with zero attached hydrogens (tertiary/aromatic N) is 2. The van der Waals surface area contributed by atoms with Gasteiger partial charge < -0.3 is 18.9 Å². The van der Waals surface area contributed by atoms with E-state index >= 15 is 0 Å². The van der Waals surface area contributed by atoms with Crippen molar-refractivity contribution >= 4 is 11.6 Å². The minimum atomic E-state index is -0.496. The fourth-order valence-electron chi connectivity index (χ4n) is 6.05. The van der Waals surface area contributed by atoms with Crippen LogP contribution in [0.2, 0.25) is 0 Å². The van der Waals surface area contributed by atoms with Crippen molar-refractivity contribution in [1.82, 2.24) is 9.80 Å². The van der Waals surface area contributed by atoms with Gasteiger partial charge in [-0.25, -0.2) is 0 Å². The van der Waals surface area contributed by atoms with Crippen LogP contribution in [0.4, 0.5) is 0 Å². The molecule has 0 atom stereocenters. The third-order valence-electron chi connectivity index (χ3n) is 9.24. The summed E-state index contributed by atoms with van der Waals surface area (Å²) in [4.78, 5) is 30.2. The van der Waals surface area contributed by atoms with E-state index < -0.39 is 11.1 Å². The summed E-state index contributed by atoms with van der Waals surface area (Å²) in [5.74, 6) is 0.354. The Morgan fingerprint density at radius 1 is 0.688 bits per heavy atom. The van der Waals surface area contributed by atoms with Crippen molar-refractivity contribution in [3.8, 4) is 0 Å². The second-order valence-electron chi connectivity index (χ2n) is 13.6. The number of ether oxygens (including phenoxy) is 4. The molecule has 2 heterocycles. The van der Waals surface area contributed by atoms with Crippen LogP contribution in [0.5, 0.6) is 0 Å². The summed E-state index contributed by atoms with van der Waals surface area (Å²) in [7, 11) is 0. The number of aryl methyl sites for hydroxylation is 2. The van der Waals surface area contributed by atoms with Gasteiger partial charge in [0.2, 0.25) is 0 Å². The van der Waals surface area contributed by atoms with Crippen molar-refractivity contribution in [2.75, 3.05) is 79.0 Å². The SMILES string of the molecule is C=CCOCCCc1ccc(C(=O)C(C)(C)N2CCOCC2)cc1.CCCOCCCc1ccc(C(=O)C(C)(C)N2CCOCC2)cc1. The van der Waals surface area contributed by atoms with E-state index in [2.05, 4.69) is 47.6 Å². The molecule has 0 unspecified atom stereocenters. The summed E-state index contributed by atoms with van der Waals surface area (Å²) >= 11 is 0. The Labute approximate surface area is 289 Å². The molecule has 8 heteroatoms. The molecule has 2 aromatic carbocycles. The first-order valence-corrected chi connectivity index (χ1v) is 17.8. The standard InChI is InChI=1S/C20H31NO3.C20H29NO3/c2*1-4-13-23-14-5-6-17-7-9-18(10-8-17)19(22)20(2,3)21-11-15-24-16-12-21/h7-10H,4-6,11-16H2,1-3H3;4,7-10H,1,5-6,11-16H2,2-3H3. The molecule has 4 rings (SSSR count). The van der Waals surface area contributed by atoms with Gasteiger partial charge in [0.1, 0.15) is 0 Å². The average molecular weight is 665 g/mol. The first-order valence-electron chi connectivity index (χ1n) is 17.8. The number of hydrogen-bond acceptors (Lipinski definition) is 8. The van der Waals surface area contributed by atoms with Gasteiger partial charge >= 0.3 is 0 Å². The first kappa shape index (κ1) is 39.7. The van der Waals surface area contributed by atoms with Crippen molar-refractivity contribution < 1.29 is 28.5 Å². The van der Waals surface area contributed by atoms with Crippen LogP contribution in [0.1, 0.15) is 85.7 Å². The molecular weight excluding hydrogens is 604 g/mol. The average Bonchev–Trinajstić information content (AvgIpc) is 3.12. The Kier molecular flexibility index (Phi) is 17.1. The molecule has 0 N–H and O–H groups in total. The van der Waals surface area contributed by atoms with E-state index in [4.69, 9.17) is 18.9 Å². The van der Waals surface area contributed by atoms with Gasteiger partial charge in [-0.05, 0) is 70.9 Å². The summed E-state index contributed by atoms with van der Waals surface area (Å²) in [5, 5.41) is 0. The third kappa shape index (κ3) is 12.3. The van der Waals surface area contributed by atoms with E-state index in [-0.39, 0.29) is 11.6 Å². The minimum absolute atomic E-state index is 0.172. The maximum Gasteiger partial charge on any atom is 0.182 e. The molecule has 266 valence electrons. The van der Waals surface area contributed by atoms with E-state index in [0.717, 1.165) is 89.2 Å². The van der Waals surface area contributed by atoms with Crippen molar-refractivity contribution in [3.63, 3.8) is 0 Å². The Bertz CT molecular complexity index is 1230. The fourth-order valence-corrected chi connectivity index (χ4v) is 6.05. The lowest BCUT2D eigenvalue weighted by Gasteiger charge is -2.39. The number of Topliss-reactive ketones (excluding diaryl/α,β-unsaturated/α-hetero) is 2. The zero-order valence-electron chi connectivity index (χ0n) is 30.3. The maximum atomic E-state index is 12.9. The topological polar surface area (TPSA) is 77.5 Å². The number of morpholine rings is 2. The van der Waals surface area contributed by atoms with Crippen LogP contribution in [0.3, 0.4) is 0 Å². The third-order valence-corrected chi connectivity index (χ3v) is 9.24. The second-order valence-corrected chi connectivity index (χ2v) is 13.6. The summed E-state index contributed by atoms with van der Waals surface area (Å²) in [6.45, 7) is 22.8. The number of rotatable bonds is 18. The Morgan fingerprint density at radius 2 is 1.08 bits per heavy atom. The predicted octanol–water partition coefficient (Wildman–Crippen LogP) is 6.45. The van der Waals surface area contributed by atoms with Crippen LogP contribution in [-0.4, -0.2) is 111 Å². The summed E-state index contributed by atoms with van der Waals surface area (Å²) in [6.07, 6.45) is 6.77. The normalized spacial score (nSPS) is 16.2. The Hall–Kier alpha value is -2.72. The van der Waals surface area contributed by atoms with Crippen LogP contribution < -0.4 is 0 Å². The molecule has 2 saturated heterocycles. The quantitative estimate of drug-likeness (QED) is 0.102. The van der Waals surface area contributed by atoms with Gasteiger partial charge in [-0.1, -0.05) is 61.5 Å². The number of ketones is 2. The highest BCUT2D eigenvalue weighted by molar-refractivity contribution is 6.03. The molecule has 2 aliphatic heterocycles. The van der Waals surface area contributed by atoms with E-state index in [1.165, 1.54) is 11.1 Å². The first-order chi connectivity index (χ1) is 23.1. The van der Waals surface area contributed by atoms with Crippen LogP contribution in [-0.2, 0) is 31.8 Å². The molecule has 0 amide bonds. The largest absolute Gasteiger partial charge is 0.381 e. The lowest BCUT2D eigenvalue weighted by Crippen LogP contribution is -2.54. The van der Waals surface area contributed by atoms with Gasteiger partial charge in [-0.15, -0.1) is 6.58 Å². The zero-order valence-corrected chi connectivity index (χ0v) is 30.3. The predicted molar refractivity (Wildman–Crippen MR) is 193 cm³/mol.